The van der Waals surface area contributed by atoms with Gasteiger partial charge in [-0.15, -0.1) is 0 Å². The molecule has 1 aliphatic rings. The van der Waals surface area contributed by atoms with Crippen molar-refractivity contribution in [2.24, 2.45) is 11.8 Å². The smallest absolute Gasteiger partial charge is 0.310 e. The Bertz CT molecular complexity index is 1430. The maximum absolute atomic E-state index is 13.1. The first kappa shape index (κ1) is 28.5. The summed E-state index contributed by atoms with van der Waals surface area (Å²) in [5, 5.41) is 14.7. The number of ether oxygens (including phenoxy) is 4. The fourth-order valence-electron chi connectivity index (χ4n) is 4.48. The fraction of sp³-hybridized carbons (Fsp3) is 0.429. The maximum Gasteiger partial charge on any atom is 0.310 e. The van der Waals surface area contributed by atoms with E-state index in [0.29, 0.717) is 5.52 Å². The highest BCUT2D eigenvalue weighted by Gasteiger charge is 2.62. The van der Waals surface area contributed by atoms with Crippen LogP contribution in [0.2, 0.25) is 0 Å². The zero-order valence-electron chi connectivity index (χ0n) is 22.6. The first-order valence-electron chi connectivity index (χ1n) is 12.8. The van der Waals surface area contributed by atoms with Crippen LogP contribution in [0.1, 0.15) is 39.0 Å². The third kappa shape index (κ3) is 5.60. The first-order valence-corrected chi connectivity index (χ1v) is 12.8. The molecular weight excluding hydrogens is 518 g/mol. The normalized spacial score (nSPS) is 22.9. The number of aromatic nitrogens is 3. The van der Waals surface area contributed by atoms with E-state index < -0.39 is 47.7 Å². The molecular formula is C28H31N5O7. The van der Waals surface area contributed by atoms with Crippen LogP contribution in [0.3, 0.4) is 0 Å². The Labute approximate surface area is 231 Å². The lowest BCUT2D eigenvalue weighted by atomic mass is 9.91. The molecule has 0 radical (unpaired) electrons. The van der Waals surface area contributed by atoms with Crippen molar-refractivity contribution in [3.05, 3.63) is 60.0 Å². The van der Waals surface area contributed by atoms with Gasteiger partial charge in [0.25, 0.3) is 0 Å². The summed E-state index contributed by atoms with van der Waals surface area (Å²) in [6.45, 7) is 6.22. The van der Waals surface area contributed by atoms with E-state index in [-0.39, 0.29) is 30.5 Å². The van der Waals surface area contributed by atoms with Gasteiger partial charge in [-0.05, 0) is 23.6 Å². The lowest BCUT2D eigenvalue weighted by molar-refractivity contribution is -0.171. The van der Waals surface area contributed by atoms with E-state index in [2.05, 4.69) is 16.2 Å². The molecule has 5 atom stereocenters. The topological polar surface area (TPSA) is 168 Å². The maximum atomic E-state index is 13.1. The first-order chi connectivity index (χ1) is 19.1. The number of carbonyl (C=O) groups is 3. The van der Waals surface area contributed by atoms with Crippen LogP contribution < -0.4 is 5.73 Å². The zero-order chi connectivity index (χ0) is 29.0. The Morgan fingerprint density at radius 2 is 1.88 bits per heavy atom. The molecule has 40 heavy (non-hydrogen) atoms. The summed E-state index contributed by atoms with van der Waals surface area (Å²) in [5.74, 6) is -2.29. The number of nitrogen functional groups attached to an aromatic ring is 1. The number of rotatable bonds is 9. The molecule has 0 amide bonds. The summed E-state index contributed by atoms with van der Waals surface area (Å²) in [6.07, 6.45) is -2.66. The van der Waals surface area contributed by atoms with Crippen LogP contribution >= 0.6 is 0 Å². The molecule has 2 N–H and O–H groups in total. The van der Waals surface area contributed by atoms with Gasteiger partial charge < -0.3 is 24.7 Å². The van der Waals surface area contributed by atoms with Gasteiger partial charge in [-0.3, -0.25) is 14.4 Å². The SMILES string of the molecule is CC(=O)O[C@@H]1[C@H](OC(=O)[C@@H](C)C(C)C)[C@@H](COC(=O)Cc2ccccc2)O[C@@]1(C#N)c1ccc2c(N)ncnn12. The van der Waals surface area contributed by atoms with Crippen molar-refractivity contribution in [3.63, 3.8) is 0 Å². The molecule has 0 saturated carbocycles. The lowest BCUT2D eigenvalue weighted by Gasteiger charge is -2.29. The van der Waals surface area contributed by atoms with Crippen LogP contribution in [-0.4, -0.2) is 57.4 Å². The highest BCUT2D eigenvalue weighted by molar-refractivity contribution is 5.74. The molecule has 1 fully saturated rings. The number of hydrogen-bond donors (Lipinski definition) is 1. The molecule has 3 heterocycles. The standard InChI is InChI=1S/C28H31N5O7/c1-16(2)17(3)27(36)39-24-21(13-37-23(35)12-19-8-6-5-7-9-19)40-28(14-29,25(24)38-18(4)34)22-11-10-20-26(30)31-15-32-33(20)22/h5-11,15-17,21,24-25H,12-13H2,1-4H3,(H2,30,31,32)/t17-,21+,24+,25+,28-/m0/s1. The van der Waals surface area contributed by atoms with Gasteiger partial charge in [0.2, 0.25) is 5.60 Å². The Hall–Kier alpha value is -4.50. The van der Waals surface area contributed by atoms with Gasteiger partial charge in [-0.25, -0.2) is 9.50 Å². The summed E-state index contributed by atoms with van der Waals surface area (Å²) < 4.78 is 24.6. The Morgan fingerprint density at radius 3 is 2.52 bits per heavy atom. The summed E-state index contributed by atoms with van der Waals surface area (Å²) in [6, 6.07) is 14.2. The van der Waals surface area contributed by atoms with Gasteiger partial charge in [-0.2, -0.15) is 10.4 Å². The molecule has 1 saturated heterocycles. The number of carbonyl (C=O) groups excluding carboxylic acids is 3. The third-order valence-electron chi connectivity index (χ3n) is 6.95. The molecule has 0 unspecified atom stereocenters. The number of esters is 3. The van der Waals surface area contributed by atoms with Gasteiger partial charge >= 0.3 is 17.9 Å². The molecule has 1 aromatic carbocycles. The number of nitrogens with two attached hydrogens (primary N) is 1. The average molecular weight is 550 g/mol. The van der Waals surface area contributed by atoms with E-state index in [1.807, 2.05) is 19.9 Å². The molecule has 210 valence electrons. The van der Waals surface area contributed by atoms with Crippen LogP contribution in [-0.2, 0) is 45.4 Å². The van der Waals surface area contributed by atoms with Gasteiger partial charge in [-0.1, -0.05) is 51.1 Å². The van der Waals surface area contributed by atoms with Crippen molar-refractivity contribution in [2.45, 2.75) is 58.0 Å². The predicted molar refractivity (Wildman–Crippen MR) is 140 cm³/mol. The molecule has 1 aliphatic heterocycles. The van der Waals surface area contributed by atoms with E-state index in [9.17, 15) is 19.6 Å². The number of nitriles is 1. The second-order valence-corrected chi connectivity index (χ2v) is 9.97. The molecule has 12 heteroatoms. The molecule has 3 aromatic rings. The summed E-state index contributed by atoms with van der Waals surface area (Å²) in [4.78, 5) is 42.0. The van der Waals surface area contributed by atoms with Gasteiger partial charge in [0, 0.05) is 6.92 Å². The molecule has 0 spiro atoms. The Balaban J connectivity index is 1.73. The van der Waals surface area contributed by atoms with Crippen LogP contribution in [0.15, 0.2) is 48.8 Å². The monoisotopic (exact) mass is 549 g/mol. The molecule has 0 aliphatic carbocycles. The minimum atomic E-state index is -2.00. The van der Waals surface area contributed by atoms with E-state index in [1.165, 1.54) is 17.8 Å². The average Bonchev–Trinajstić information content (AvgIpc) is 3.48. The van der Waals surface area contributed by atoms with E-state index >= 15 is 0 Å². The highest BCUT2D eigenvalue weighted by atomic mass is 16.7. The van der Waals surface area contributed by atoms with E-state index in [1.54, 1.807) is 43.3 Å². The van der Waals surface area contributed by atoms with Gasteiger partial charge in [0.1, 0.15) is 30.6 Å². The minimum absolute atomic E-state index is 0.00129. The molecule has 12 nitrogen and oxygen atoms in total. The largest absolute Gasteiger partial charge is 0.463 e. The fourth-order valence-corrected chi connectivity index (χ4v) is 4.48. The number of fused-ring (bicyclic) bond motifs is 1. The second kappa shape index (κ2) is 11.7. The van der Waals surface area contributed by atoms with Gasteiger partial charge in [0.05, 0.1) is 18.0 Å². The van der Waals surface area contributed by atoms with Crippen molar-refractivity contribution in [3.8, 4) is 6.07 Å². The quantitative estimate of drug-likeness (QED) is 0.307. The second-order valence-electron chi connectivity index (χ2n) is 9.97. The van der Waals surface area contributed by atoms with Crippen LogP contribution in [0, 0.1) is 23.2 Å². The van der Waals surface area contributed by atoms with Crippen LogP contribution in [0.5, 0.6) is 0 Å². The van der Waals surface area contributed by atoms with Crippen LogP contribution in [0.4, 0.5) is 5.82 Å². The van der Waals surface area contributed by atoms with Crippen molar-refractivity contribution >= 4 is 29.2 Å². The molecule has 2 aromatic heterocycles. The molecule has 0 bridgehead atoms. The number of benzene rings is 1. The highest BCUT2D eigenvalue weighted by Crippen LogP contribution is 2.44. The van der Waals surface area contributed by atoms with Crippen molar-refractivity contribution in [1.82, 2.24) is 14.6 Å². The van der Waals surface area contributed by atoms with Crippen molar-refractivity contribution in [1.29, 1.82) is 5.26 Å². The minimum Gasteiger partial charge on any atom is -0.463 e. The van der Waals surface area contributed by atoms with Crippen molar-refractivity contribution < 1.29 is 33.3 Å². The Morgan fingerprint density at radius 1 is 1.15 bits per heavy atom. The number of hydrogen-bond acceptors (Lipinski definition) is 11. The van der Waals surface area contributed by atoms with E-state index in [0.717, 1.165) is 5.56 Å². The predicted octanol–water partition coefficient (Wildman–Crippen LogP) is 2.35. The third-order valence-corrected chi connectivity index (χ3v) is 6.95. The summed E-state index contributed by atoms with van der Waals surface area (Å²) in [7, 11) is 0. The van der Waals surface area contributed by atoms with Gasteiger partial charge in [0.15, 0.2) is 18.0 Å². The lowest BCUT2D eigenvalue weighted by Crippen LogP contribution is -2.46. The number of nitrogens with zero attached hydrogens (tertiary/aromatic N) is 4. The summed E-state index contributed by atoms with van der Waals surface area (Å²) >= 11 is 0. The van der Waals surface area contributed by atoms with Crippen LogP contribution in [0.25, 0.3) is 5.52 Å². The summed E-state index contributed by atoms with van der Waals surface area (Å²) in [5.41, 5.74) is 5.29. The number of anilines is 1. The Kier molecular flexibility index (Phi) is 8.35. The molecule has 4 rings (SSSR count). The van der Waals surface area contributed by atoms with Crippen molar-refractivity contribution in [2.75, 3.05) is 12.3 Å². The van der Waals surface area contributed by atoms with E-state index in [4.69, 9.17) is 24.7 Å². The zero-order valence-corrected chi connectivity index (χ0v) is 22.6.